The fourth-order valence-corrected chi connectivity index (χ4v) is 11.5. The Morgan fingerprint density at radius 3 is 1.69 bits per heavy atom. The van der Waals surface area contributed by atoms with Crippen LogP contribution in [-0.4, -0.2) is 0 Å². The minimum Gasteiger partial charge on any atom is -0.455 e. The molecular formula is C55H33NOS. The summed E-state index contributed by atoms with van der Waals surface area (Å²) in [6, 6.07) is 73.6. The van der Waals surface area contributed by atoms with Crippen LogP contribution in [0.25, 0.3) is 75.5 Å². The molecule has 2 aliphatic rings. The lowest BCUT2D eigenvalue weighted by Crippen LogP contribution is -2.26. The summed E-state index contributed by atoms with van der Waals surface area (Å²) in [4.78, 5) is 2.41. The summed E-state index contributed by atoms with van der Waals surface area (Å²) in [5.41, 5.74) is 17.5. The second-order valence-corrected chi connectivity index (χ2v) is 16.6. The third-order valence-electron chi connectivity index (χ3n) is 12.7. The number of benzene rings is 9. The Bertz CT molecular complexity index is 3420. The van der Waals surface area contributed by atoms with Crippen molar-refractivity contribution >= 4 is 70.5 Å². The van der Waals surface area contributed by atoms with Crippen LogP contribution in [0, 0.1) is 0 Å². The molecule has 2 heterocycles. The van der Waals surface area contributed by atoms with Gasteiger partial charge in [0.2, 0.25) is 0 Å². The topological polar surface area (TPSA) is 16.4 Å². The number of thiophene rings is 1. The van der Waals surface area contributed by atoms with Crippen molar-refractivity contribution < 1.29 is 4.42 Å². The van der Waals surface area contributed by atoms with E-state index in [4.69, 9.17) is 4.42 Å². The maximum absolute atomic E-state index is 6.97. The molecule has 0 N–H and O–H groups in total. The lowest BCUT2D eigenvalue weighted by Gasteiger charge is -2.32. The zero-order valence-electron chi connectivity index (χ0n) is 31.3. The molecule has 0 fully saturated rings. The molecule has 0 bridgehead atoms. The zero-order valence-corrected chi connectivity index (χ0v) is 32.1. The first-order valence-electron chi connectivity index (χ1n) is 19.9. The van der Waals surface area contributed by atoms with Crippen LogP contribution in [0.15, 0.2) is 205 Å². The fourth-order valence-electron chi connectivity index (χ4n) is 10.4. The van der Waals surface area contributed by atoms with E-state index in [1.54, 1.807) is 0 Å². The third-order valence-corrected chi connectivity index (χ3v) is 13.8. The summed E-state index contributed by atoms with van der Waals surface area (Å²) in [5, 5.41) is 4.74. The first-order valence-corrected chi connectivity index (χ1v) is 20.7. The minimum atomic E-state index is -0.421. The number of nitrogens with zero attached hydrogens (tertiary/aromatic N) is 1. The molecule has 0 amide bonds. The van der Waals surface area contributed by atoms with E-state index in [2.05, 4.69) is 205 Å². The highest BCUT2D eigenvalue weighted by molar-refractivity contribution is 7.26. The van der Waals surface area contributed by atoms with E-state index < -0.39 is 5.41 Å². The van der Waals surface area contributed by atoms with Gasteiger partial charge in [-0.05, 0) is 105 Å². The summed E-state index contributed by atoms with van der Waals surface area (Å²) < 4.78 is 9.50. The molecule has 0 aliphatic heterocycles. The molecule has 1 spiro atoms. The van der Waals surface area contributed by atoms with Crippen LogP contribution in [-0.2, 0) is 5.41 Å². The van der Waals surface area contributed by atoms with Crippen LogP contribution in [0.2, 0.25) is 0 Å². The highest BCUT2D eigenvalue weighted by Crippen LogP contribution is 2.63. The van der Waals surface area contributed by atoms with Crippen LogP contribution in [0.5, 0.6) is 0 Å². The van der Waals surface area contributed by atoms with Crippen LogP contribution in [0.4, 0.5) is 17.1 Å². The summed E-state index contributed by atoms with van der Waals surface area (Å²) in [7, 11) is 0. The number of fused-ring (bicyclic) bond motifs is 17. The summed E-state index contributed by atoms with van der Waals surface area (Å²) in [6.45, 7) is 0. The van der Waals surface area contributed by atoms with Crippen molar-refractivity contribution in [2.45, 2.75) is 5.41 Å². The molecule has 2 nitrogen and oxygen atoms in total. The number of rotatable bonds is 4. The summed E-state index contributed by atoms with van der Waals surface area (Å²) in [5.74, 6) is 0. The molecule has 0 saturated carbocycles. The third kappa shape index (κ3) is 4.21. The van der Waals surface area contributed by atoms with Crippen molar-refractivity contribution in [3.05, 3.63) is 222 Å². The van der Waals surface area contributed by atoms with Gasteiger partial charge in [-0.1, -0.05) is 146 Å². The summed E-state index contributed by atoms with van der Waals surface area (Å²) in [6.07, 6.45) is 0. The predicted octanol–water partition coefficient (Wildman–Crippen LogP) is 15.4. The van der Waals surface area contributed by atoms with Crippen LogP contribution < -0.4 is 4.90 Å². The van der Waals surface area contributed by atoms with Gasteiger partial charge in [-0.3, -0.25) is 0 Å². The molecular weight excluding hydrogens is 723 g/mol. The first-order chi connectivity index (χ1) is 28.8. The lowest BCUT2D eigenvalue weighted by atomic mass is 9.70. The second kappa shape index (κ2) is 11.9. The molecule has 0 unspecified atom stereocenters. The maximum atomic E-state index is 6.97. The number of hydrogen-bond acceptors (Lipinski definition) is 3. The molecule has 270 valence electrons. The zero-order chi connectivity index (χ0) is 38.0. The van der Waals surface area contributed by atoms with E-state index in [0.29, 0.717) is 0 Å². The number of anilines is 3. The maximum Gasteiger partial charge on any atom is 0.144 e. The Balaban J connectivity index is 1.02. The highest BCUT2D eigenvalue weighted by atomic mass is 32.1. The molecule has 58 heavy (non-hydrogen) atoms. The van der Waals surface area contributed by atoms with Crippen molar-refractivity contribution in [3.8, 4) is 33.4 Å². The number of furan rings is 1. The molecule has 0 saturated heterocycles. The summed E-state index contributed by atoms with van der Waals surface area (Å²) >= 11 is 1.83. The Labute approximate surface area is 339 Å². The second-order valence-electron chi connectivity index (χ2n) is 15.5. The Hall–Kier alpha value is -7.20. The fraction of sp³-hybridized carbons (Fsp3) is 0.0182. The van der Waals surface area contributed by atoms with Gasteiger partial charge in [0.25, 0.3) is 0 Å². The van der Waals surface area contributed by atoms with Gasteiger partial charge < -0.3 is 9.32 Å². The average Bonchev–Trinajstić information content (AvgIpc) is 4.02. The van der Waals surface area contributed by atoms with E-state index >= 15 is 0 Å². The molecule has 2 aromatic heterocycles. The van der Waals surface area contributed by atoms with Crippen molar-refractivity contribution in [3.63, 3.8) is 0 Å². The molecule has 13 rings (SSSR count). The van der Waals surface area contributed by atoms with E-state index in [1.165, 1.54) is 64.7 Å². The normalized spacial score (nSPS) is 13.3. The standard InChI is InChI=1S/C55H33NOS/c1-2-15-35(16-3-1)56(37-28-29-42-41-20-6-10-26-48(41)55(49(42)33-37)46-24-8-4-18-39(46)40-19-5-9-25-47(40)55)36-17-12-14-34(32-36)38-22-13-23-43-44-30-31-51-52(54(44)57-53(38)43)45-21-7-11-27-50(45)58-51/h1-33H. The lowest BCUT2D eigenvalue weighted by molar-refractivity contribution is 0.674. The van der Waals surface area contributed by atoms with Crippen molar-refractivity contribution in [1.29, 1.82) is 0 Å². The first kappa shape index (κ1) is 31.9. The van der Waals surface area contributed by atoms with Crippen molar-refractivity contribution in [1.82, 2.24) is 0 Å². The van der Waals surface area contributed by atoms with Gasteiger partial charge in [0.1, 0.15) is 11.2 Å². The SMILES string of the molecule is c1ccc(N(c2cccc(-c3cccc4c3oc3c4ccc4sc5ccccc5c43)c2)c2ccc3c(c2)C2(c4ccccc4-c4ccccc42)c2ccccc2-3)cc1. The van der Waals surface area contributed by atoms with Gasteiger partial charge >= 0.3 is 0 Å². The molecule has 0 atom stereocenters. The van der Waals surface area contributed by atoms with E-state index in [0.717, 1.165) is 50.1 Å². The highest BCUT2D eigenvalue weighted by Gasteiger charge is 2.51. The molecule has 2 aliphatic carbocycles. The smallest absolute Gasteiger partial charge is 0.144 e. The molecule has 11 aromatic rings. The predicted molar refractivity (Wildman–Crippen MR) is 243 cm³/mol. The van der Waals surface area contributed by atoms with Crippen LogP contribution >= 0.6 is 11.3 Å². The quantitative estimate of drug-likeness (QED) is 0.178. The number of para-hydroxylation sites is 2. The molecule has 0 radical (unpaired) electrons. The van der Waals surface area contributed by atoms with E-state index in [9.17, 15) is 0 Å². The van der Waals surface area contributed by atoms with Crippen LogP contribution in [0.1, 0.15) is 22.3 Å². The van der Waals surface area contributed by atoms with Gasteiger partial charge in [0.05, 0.1) is 5.41 Å². The Morgan fingerprint density at radius 2 is 0.931 bits per heavy atom. The number of hydrogen-bond donors (Lipinski definition) is 0. The monoisotopic (exact) mass is 755 g/mol. The Morgan fingerprint density at radius 1 is 0.362 bits per heavy atom. The van der Waals surface area contributed by atoms with Gasteiger partial charge in [-0.15, -0.1) is 11.3 Å². The van der Waals surface area contributed by atoms with Gasteiger partial charge in [-0.2, -0.15) is 0 Å². The van der Waals surface area contributed by atoms with E-state index in [1.807, 2.05) is 11.3 Å². The van der Waals surface area contributed by atoms with Gasteiger partial charge in [0.15, 0.2) is 0 Å². The molecule has 9 aromatic carbocycles. The Kier molecular flexibility index (Phi) is 6.56. The van der Waals surface area contributed by atoms with Gasteiger partial charge in [-0.25, -0.2) is 0 Å². The van der Waals surface area contributed by atoms with Crippen LogP contribution in [0.3, 0.4) is 0 Å². The minimum absolute atomic E-state index is 0.421. The van der Waals surface area contributed by atoms with Crippen molar-refractivity contribution in [2.75, 3.05) is 4.90 Å². The average molecular weight is 756 g/mol. The van der Waals surface area contributed by atoms with Crippen molar-refractivity contribution in [2.24, 2.45) is 0 Å². The van der Waals surface area contributed by atoms with E-state index in [-0.39, 0.29) is 0 Å². The largest absolute Gasteiger partial charge is 0.455 e. The van der Waals surface area contributed by atoms with Gasteiger partial charge in [0, 0.05) is 53.6 Å². The molecule has 3 heteroatoms.